The van der Waals surface area contributed by atoms with Crippen LogP contribution in [0.5, 0.6) is 5.75 Å². The summed E-state index contributed by atoms with van der Waals surface area (Å²) >= 11 is 0. The average molecular weight is 351 g/mol. The Morgan fingerprint density at radius 2 is 1.96 bits per heavy atom. The highest BCUT2D eigenvalue weighted by molar-refractivity contribution is 6.74. The minimum Gasteiger partial charge on any atom is -0.466 e. The summed E-state index contributed by atoms with van der Waals surface area (Å²) < 4.78 is 16.1. The first-order valence-electron chi connectivity index (χ1n) is 8.30. The number of carbonyl (C=O) groups is 1. The molecule has 5 heteroatoms. The molecular formula is C19H30O4Si. The monoisotopic (exact) mass is 350 g/mol. The standard InChI is InChI=1S/C19H30O4Si/c1-19(2,3)24(5,6)23-13-8-10-16-9-7-11-17(15-16)22-14-12-18(20)21-4/h7,9,11-12,14-15H,8,10,13H2,1-6H3/b14-12+. The summed E-state index contributed by atoms with van der Waals surface area (Å²) in [6, 6.07) is 7.86. The van der Waals surface area contributed by atoms with Crippen LogP contribution >= 0.6 is 0 Å². The van der Waals surface area contributed by atoms with Gasteiger partial charge in [-0.2, -0.15) is 0 Å². The van der Waals surface area contributed by atoms with Gasteiger partial charge in [-0.15, -0.1) is 0 Å². The van der Waals surface area contributed by atoms with Crippen molar-refractivity contribution in [3.8, 4) is 5.75 Å². The number of methoxy groups -OCH3 is 1. The zero-order valence-electron chi connectivity index (χ0n) is 15.7. The first-order valence-corrected chi connectivity index (χ1v) is 11.2. The maximum absolute atomic E-state index is 11.0. The lowest BCUT2D eigenvalue weighted by molar-refractivity contribution is -0.134. The number of ether oxygens (including phenoxy) is 2. The Morgan fingerprint density at radius 3 is 2.58 bits per heavy atom. The first-order chi connectivity index (χ1) is 11.2. The molecule has 0 unspecified atom stereocenters. The number of carbonyl (C=O) groups excluding carboxylic acids is 1. The number of aryl methyl sites for hydroxylation is 1. The van der Waals surface area contributed by atoms with Crippen LogP contribution in [0.4, 0.5) is 0 Å². The van der Waals surface area contributed by atoms with Crippen LogP contribution in [0.25, 0.3) is 0 Å². The molecule has 0 amide bonds. The van der Waals surface area contributed by atoms with Crippen molar-refractivity contribution in [2.24, 2.45) is 0 Å². The molecule has 1 aromatic rings. The minimum absolute atomic E-state index is 0.243. The maximum atomic E-state index is 11.0. The lowest BCUT2D eigenvalue weighted by Gasteiger charge is -2.36. The van der Waals surface area contributed by atoms with E-state index in [1.807, 2.05) is 18.2 Å². The number of hydrogen-bond acceptors (Lipinski definition) is 4. The van der Waals surface area contributed by atoms with E-state index >= 15 is 0 Å². The van der Waals surface area contributed by atoms with Crippen molar-refractivity contribution >= 4 is 14.3 Å². The molecule has 0 saturated carbocycles. The molecule has 0 aromatic heterocycles. The van der Waals surface area contributed by atoms with Crippen molar-refractivity contribution in [2.75, 3.05) is 13.7 Å². The van der Waals surface area contributed by atoms with Gasteiger partial charge >= 0.3 is 5.97 Å². The summed E-state index contributed by atoms with van der Waals surface area (Å²) in [6.07, 6.45) is 4.51. The second-order valence-corrected chi connectivity index (χ2v) is 12.1. The van der Waals surface area contributed by atoms with Gasteiger partial charge in [0.1, 0.15) is 5.75 Å². The normalized spacial score (nSPS) is 12.4. The fraction of sp³-hybridized carbons (Fsp3) is 0.526. The highest BCUT2D eigenvalue weighted by Gasteiger charge is 2.36. The van der Waals surface area contributed by atoms with Crippen molar-refractivity contribution in [1.82, 2.24) is 0 Å². The summed E-state index contributed by atoms with van der Waals surface area (Å²) in [6.45, 7) is 12.1. The molecule has 0 saturated heterocycles. The summed E-state index contributed by atoms with van der Waals surface area (Å²) in [5, 5.41) is 0.243. The molecule has 4 nitrogen and oxygen atoms in total. The fourth-order valence-electron chi connectivity index (χ4n) is 1.83. The molecule has 134 valence electrons. The van der Waals surface area contributed by atoms with Gasteiger partial charge in [-0.1, -0.05) is 32.9 Å². The summed E-state index contributed by atoms with van der Waals surface area (Å²) in [7, 11) is -0.331. The van der Waals surface area contributed by atoms with Gasteiger partial charge in [0.2, 0.25) is 0 Å². The summed E-state index contributed by atoms with van der Waals surface area (Å²) in [5.74, 6) is 0.270. The Balaban J connectivity index is 2.45. The lowest BCUT2D eigenvalue weighted by Crippen LogP contribution is -2.41. The fourth-order valence-corrected chi connectivity index (χ4v) is 2.92. The Kier molecular flexibility index (Phi) is 7.70. The topological polar surface area (TPSA) is 44.8 Å². The van der Waals surface area contributed by atoms with E-state index in [0.29, 0.717) is 5.75 Å². The van der Waals surface area contributed by atoms with E-state index in [2.05, 4.69) is 44.7 Å². The quantitative estimate of drug-likeness (QED) is 0.224. The molecule has 0 aliphatic rings. The Hall–Kier alpha value is -1.59. The third-order valence-electron chi connectivity index (χ3n) is 4.39. The number of rotatable bonds is 8. The van der Waals surface area contributed by atoms with Crippen molar-refractivity contribution in [2.45, 2.75) is 51.7 Å². The van der Waals surface area contributed by atoms with Crippen LogP contribution in [-0.4, -0.2) is 28.0 Å². The minimum atomic E-state index is -1.66. The van der Waals surface area contributed by atoms with Gasteiger partial charge in [0.25, 0.3) is 0 Å². The van der Waals surface area contributed by atoms with E-state index in [9.17, 15) is 4.79 Å². The molecule has 0 aliphatic heterocycles. The highest BCUT2D eigenvalue weighted by atomic mass is 28.4. The predicted molar refractivity (Wildman–Crippen MR) is 99.7 cm³/mol. The Labute approximate surface area is 146 Å². The molecule has 0 heterocycles. The van der Waals surface area contributed by atoms with Crippen LogP contribution in [0.15, 0.2) is 36.6 Å². The summed E-state index contributed by atoms with van der Waals surface area (Å²) in [5.41, 5.74) is 1.19. The third-order valence-corrected chi connectivity index (χ3v) is 8.92. The summed E-state index contributed by atoms with van der Waals surface area (Å²) in [4.78, 5) is 11.0. The van der Waals surface area contributed by atoms with Crippen molar-refractivity contribution < 1.29 is 18.7 Å². The molecule has 0 spiro atoms. The van der Waals surface area contributed by atoms with Crippen LogP contribution in [0.1, 0.15) is 32.8 Å². The third kappa shape index (κ3) is 6.89. The number of esters is 1. The van der Waals surface area contributed by atoms with Crippen LogP contribution < -0.4 is 4.74 Å². The zero-order chi connectivity index (χ0) is 18.2. The van der Waals surface area contributed by atoms with Crippen molar-refractivity contribution in [1.29, 1.82) is 0 Å². The SMILES string of the molecule is COC(=O)/C=C/Oc1cccc(CCCO[Si](C)(C)C(C)(C)C)c1. The van der Waals surface area contributed by atoms with E-state index in [1.54, 1.807) is 0 Å². The molecule has 0 fully saturated rings. The van der Waals surface area contributed by atoms with E-state index in [1.165, 1.54) is 25.0 Å². The van der Waals surface area contributed by atoms with Crippen LogP contribution in [-0.2, 0) is 20.4 Å². The van der Waals surface area contributed by atoms with Gasteiger partial charge in [-0.05, 0) is 48.7 Å². The Bertz CT molecular complexity index is 559. The van der Waals surface area contributed by atoms with Crippen LogP contribution in [0.2, 0.25) is 18.1 Å². The first kappa shape index (κ1) is 20.5. The highest BCUT2D eigenvalue weighted by Crippen LogP contribution is 2.36. The molecule has 24 heavy (non-hydrogen) atoms. The second kappa shape index (κ2) is 9.04. The van der Waals surface area contributed by atoms with E-state index in [-0.39, 0.29) is 5.04 Å². The van der Waals surface area contributed by atoms with Gasteiger partial charge in [0.05, 0.1) is 19.4 Å². The van der Waals surface area contributed by atoms with E-state index in [4.69, 9.17) is 9.16 Å². The predicted octanol–water partition coefficient (Wildman–Crippen LogP) is 4.71. The van der Waals surface area contributed by atoms with Gasteiger partial charge in [-0.25, -0.2) is 4.79 Å². The maximum Gasteiger partial charge on any atom is 0.333 e. The smallest absolute Gasteiger partial charge is 0.333 e. The largest absolute Gasteiger partial charge is 0.466 e. The number of hydrogen-bond donors (Lipinski definition) is 0. The number of benzene rings is 1. The van der Waals surface area contributed by atoms with Crippen LogP contribution in [0.3, 0.4) is 0 Å². The van der Waals surface area contributed by atoms with Crippen LogP contribution in [0, 0.1) is 0 Å². The molecule has 0 N–H and O–H groups in total. The molecular weight excluding hydrogens is 320 g/mol. The molecule has 0 atom stereocenters. The van der Waals surface area contributed by atoms with Gasteiger partial charge < -0.3 is 13.9 Å². The molecule has 1 aromatic carbocycles. The van der Waals surface area contributed by atoms with Crippen molar-refractivity contribution in [3.05, 3.63) is 42.2 Å². The van der Waals surface area contributed by atoms with Gasteiger partial charge in [0, 0.05) is 6.61 Å². The molecule has 0 aliphatic carbocycles. The van der Waals surface area contributed by atoms with Gasteiger partial charge in [-0.3, -0.25) is 0 Å². The zero-order valence-corrected chi connectivity index (χ0v) is 16.7. The van der Waals surface area contributed by atoms with Crippen molar-refractivity contribution in [3.63, 3.8) is 0 Å². The van der Waals surface area contributed by atoms with E-state index in [0.717, 1.165) is 19.4 Å². The van der Waals surface area contributed by atoms with E-state index < -0.39 is 14.3 Å². The average Bonchev–Trinajstić information content (AvgIpc) is 2.50. The molecule has 0 radical (unpaired) electrons. The Morgan fingerprint density at radius 1 is 1.25 bits per heavy atom. The lowest BCUT2D eigenvalue weighted by atomic mass is 10.1. The molecule has 0 bridgehead atoms. The van der Waals surface area contributed by atoms with Gasteiger partial charge in [0.15, 0.2) is 8.32 Å². The molecule has 1 rings (SSSR count). The second-order valence-electron chi connectivity index (χ2n) is 7.30.